The lowest BCUT2D eigenvalue weighted by atomic mass is 10.1. The van der Waals surface area contributed by atoms with E-state index in [4.69, 9.17) is 28.7 Å². The number of aromatic nitrogens is 2. The van der Waals surface area contributed by atoms with Gasteiger partial charge in [0.2, 0.25) is 5.75 Å². The minimum Gasteiger partial charge on any atom is -0.497 e. The lowest BCUT2D eigenvalue weighted by Gasteiger charge is -2.17. The SMILES string of the molecule is COc1cccc(C(=O)CSc2nc3c(OC)c(OC)c(OC)cc3c(=O)n2-c2cccc(OC)c2)c1. The second kappa shape index (κ2) is 11.3. The predicted octanol–water partition coefficient (Wildman–Crippen LogP) is 4.40. The standard InChI is InChI=1S/C27H26N2O7S/c1-32-18-10-6-8-16(12-18)21(30)15-37-27-28-23-20(14-22(34-3)24(35-4)25(23)36-5)26(31)29(27)17-9-7-11-19(13-17)33-2/h6-14H,15H2,1-5H3. The number of nitrogens with zero attached hydrogens (tertiary/aromatic N) is 2. The van der Waals surface area contributed by atoms with E-state index in [-0.39, 0.29) is 28.2 Å². The Balaban J connectivity index is 1.90. The van der Waals surface area contributed by atoms with Crippen molar-refractivity contribution >= 4 is 28.4 Å². The molecule has 0 bridgehead atoms. The Labute approximate surface area is 217 Å². The maximum absolute atomic E-state index is 13.9. The van der Waals surface area contributed by atoms with Crippen molar-refractivity contribution in [1.82, 2.24) is 9.55 Å². The van der Waals surface area contributed by atoms with Crippen molar-refractivity contribution in [2.75, 3.05) is 41.3 Å². The smallest absolute Gasteiger partial charge is 0.266 e. The molecule has 3 aromatic carbocycles. The number of thioether (sulfide) groups is 1. The summed E-state index contributed by atoms with van der Waals surface area (Å²) in [6, 6.07) is 15.5. The second-order valence-corrected chi connectivity index (χ2v) is 8.66. The van der Waals surface area contributed by atoms with E-state index in [9.17, 15) is 9.59 Å². The second-order valence-electron chi connectivity index (χ2n) is 7.72. The van der Waals surface area contributed by atoms with E-state index in [0.29, 0.717) is 44.9 Å². The fourth-order valence-electron chi connectivity index (χ4n) is 3.85. The van der Waals surface area contributed by atoms with Gasteiger partial charge in [0.1, 0.15) is 17.0 Å². The van der Waals surface area contributed by atoms with Crippen LogP contribution in [0.2, 0.25) is 0 Å². The van der Waals surface area contributed by atoms with Gasteiger partial charge in [0, 0.05) is 11.6 Å². The summed E-state index contributed by atoms with van der Waals surface area (Å²) in [6.07, 6.45) is 0. The van der Waals surface area contributed by atoms with Gasteiger partial charge in [-0.15, -0.1) is 0 Å². The molecule has 0 aliphatic rings. The zero-order chi connectivity index (χ0) is 26.5. The Morgan fingerprint density at radius 3 is 2.16 bits per heavy atom. The first-order valence-electron chi connectivity index (χ1n) is 11.2. The van der Waals surface area contributed by atoms with Gasteiger partial charge in [-0.3, -0.25) is 14.2 Å². The molecule has 0 spiro atoms. The quantitative estimate of drug-likeness (QED) is 0.170. The number of carbonyl (C=O) groups is 1. The highest BCUT2D eigenvalue weighted by Gasteiger charge is 2.23. The van der Waals surface area contributed by atoms with Gasteiger partial charge in [-0.25, -0.2) is 4.98 Å². The van der Waals surface area contributed by atoms with Gasteiger partial charge in [0.25, 0.3) is 5.56 Å². The summed E-state index contributed by atoms with van der Waals surface area (Å²) in [6.45, 7) is 0. The Bertz CT molecular complexity index is 1520. The van der Waals surface area contributed by atoms with Crippen LogP contribution in [0.1, 0.15) is 10.4 Å². The largest absolute Gasteiger partial charge is 0.497 e. The maximum atomic E-state index is 13.9. The summed E-state index contributed by atoms with van der Waals surface area (Å²) in [7, 11) is 7.51. The molecule has 4 rings (SSSR count). The molecule has 0 saturated heterocycles. The van der Waals surface area contributed by atoms with E-state index in [1.807, 2.05) is 0 Å². The number of carbonyl (C=O) groups excluding carboxylic acids is 1. The van der Waals surface area contributed by atoms with Crippen LogP contribution in [-0.2, 0) is 0 Å². The average molecular weight is 523 g/mol. The molecule has 1 heterocycles. The van der Waals surface area contributed by atoms with E-state index in [2.05, 4.69) is 0 Å². The Kier molecular flexibility index (Phi) is 7.88. The molecule has 1 aromatic heterocycles. The van der Waals surface area contributed by atoms with Crippen LogP contribution in [0, 0.1) is 0 Å². The average Bonchev–Trinajstić information content (AvgIpc) is 2.94. The first-order chi connectivity index (χ1) is 17.9. The first-order valence-corrected chi connectivity index (χ1v) is 12.1. The molecule has 0 aliphatic heterocycles. The predicted molar refractivity (Wildman–Crippen MR) is 142 cm³/mol. The van der Waals surface area contributed by atoms with E-state index in [1.54, 1.807) is 68.8 Å². The molecule has 0 amide bonds. The lowest BCUT2D eigenvalue weighted by molar-refractivity contribution is 0.102. The van der Waals surface area contributed by atoms with Crippen LogP contribution in [0.3, 0.4) is 0 Å². The van der Waals surface area contributed by atoms with E-state index >= 15 is 0 Å². The van der Waals surface area contributed by atoms with Gasteiger partial charge in [-0.05, 0) is 30.3 Å². The van der Waals surface area contributed by atoms with Crippen molar-refractivity contribution in [2.45, 2.75) is 5.16 Å². The summed E-state index contributed by atoms with van der Waals surface area (Å²) in [5.74, 6) is 1.94. The van der Waals surface area contributed by atoms with Crippen molar-refractivity contribution in [1.29, 1.82) is 0 Å². The highest BCUT2D eigenvalue weighted by molar-refractivity contribution is 7.99. The summed E-state index contributed by atoms with van der Waals surface area (Å²) in [5, 5.41) is 0.563. The van der Waals surface area contributed by atoms with Gasteiger partial charge in [-0.2, -0.15) is 0 Å². The highest BCUT2D eigenvalue weighted by Crippen LogP contribution is 2.42. The van der Waals surface area contributed by atoms with Crippen molar-refractivity contribution < 1.29 is 28.5 Å². The van der Waals surface area contributed by atoms with Crippen LogP contribution in [-0.4, -0.2) is 56.6 Å². The molecular formula is C27H26N2O7S. The van der Waals surface area contributed by atoms with Crippen molar-refractivity contribution in [2.24, 2.45) is 0 Å². The normalized spacial score (nSPS) is 10.7. The number of hydrogen-bond donors (Lipinski definition) is 0. The van der Waals surface area contributed by atoms with Crippen LogP contribution in [0.25, 0.3) is 16.6 Å². The van der Waals surface area contributed by atoms with E-state index in [0.717, 1.165) is 11.8 Å². The summed E-state index contributed by atoms with van der Waals surface area (Å²) in [4.78, 5) is 31.7. The van der Waals surface area contributed by atoms with Gasteiger partial charge < -0.3 is 23.7 Å². The fourth-order valence-corrected chi connectivity index (χ4v) is 4.75. The number of ketones is 1. The molecular weight excluding hydrogens is 496 g/mol. The zero-order valence-electron chi connectivity index (χ0n) is 21.1. The molecule has 37 heavy (non-hydrogen) atoms. The third-order valence-corrected chi connectivity index (χ3v) is 6.61. The van der Waals surface area contributed by atoms with Gasteiger partial charge >= 0.3 is 0 Å². The van der Waals surface area contributed by atoms with Crippen molar-refractivity contribution in [3.8, 4) is 34.4 Å². The summed E-state index contributed by atoms with van der Waals surface area (Å²) in [5.41, 5.74) is 0.949. The molecule has 0 aliphatic carbocycles. The first kappa shape index (κ1) is 25.9. The van der Waals surface area contributed by atoms with Crippen LogP contribution in [0.5, 0.6) is 28.7 Å². The van der Waals surface area contributed by atoms with Crippen LogP contribution < -0.4 is 29.2 Å². The molecule has 192 valence electrons. The molecule has 0 N–H and O–H groups in total. The molecule has 4 aromatic rings. The number of hydrogen-bond acceptors (Lipinski definition) is 9. The van der Waals surface area contributed by atoms with Gasteiger partial charge in [0.15, 0.2) is 22.4 Å². The third kappa shape index (κ3) is 5.05. The lowest BCUT2D eigenvalue weighted by Crippen LogP contribution is -2.22. The molecule has 0 saturated carbocycles. The summed E-state index contributed by atoms with van der Waals surface area (Å²) < 4.78 is 28.5. The number of ether oxygens (including phenoxy) is 5. The Hall–Kier alpha value is -4.18. The monoisotopic (exact) mass is 522 g/mol. The van der Waals surface area contributed by atoms with Gasteiger partial charge in [0.05, 0.1) is 52.4 Å². The highest BCUT2D eigenvalue weighted by atomic mass is 32.2. The number of Topliss-reactive ketones (excluding diaryl/α,β-unsaturated/α-hetero) is 1. The number of methoxy groups -OCH3 is 5. The molecule has 0 atom stereocenters. The molecule has 9 nitrogen and oxygen atoms in total. The third-order valence-electron chi connectivity index (χ3n) is 5.67. The van der Waals surface area contributed by atoms with Crippen LogP contribution in [0.4, 0.5) is 0 Å². The maximum Gasteiger partial charge on any atom is 0.266 e. The molecule has 0 radical (unpaired) electrons. The zero-order valence-corrected chi connectivity index (χ0v) is 21.9. The minimum absolute atomic E-state index is 0.0324. The number of rotatable bonds is 10. The van der Waals surface area contributed by atoms with Crippen LogP contribution in [0.15, 0.2) is 64.5 Å². The van der Waals surface area contributed by atoms with E-state index in [1.165, 1.54) is 25.9 Å². The van der Waals surface area contributed by atoms with Crippen molar-refractivity contribution in [3.63, 3.8) is 0 Å². The number of fused-ring (bicyclic) bond motifs is 1. The fraction of sp³-hybridized carbons (Fsp3) is 0.222. The Morgan fingerprint density at radius 1 is 0.838 bits per heavy atom. The van der Waals surface area contributed by atoms with Crippen LogP contribution >= 0.6 is 11.8 Å². The Morgan fingerprint density at radius 2 is 1.51 bits per heavy atom. The summed E-state index contributed by atoms with van der Waals surface area (Å²) >= 11 is 1.14. The topological polar surface area (TPSA) is 98.1 Å². The molecule has 10 heteroatoms. The minimum atomic E-state index is -0.367. The molecule has 0 unspecified atom stereocenters. The van der Waals surface area contributed by atoms with Gasteiger partial charge in [-0.1, -0.05) is 30.0 Å². The molecule has 0 fully saturated rings. The van der Waals surface area contributed by atoms with Crippen molar-refractivity contribution in [3.05, 3.63) is 70.5 Å². The van der Waals surface area contributed by atoms with E-state index < -0.39 is 0 Å². The number of benzene rings is 3.